The number of aliphatic hydroxyl groups is 1. The fourth-order valence-corrected chi connectivity index (χ4v) is 4.86. The average Bonchev–Trinajstić information content (AvgIpc) is 2.62. The molecule has 2 atom stereocenters. The van der Waals surface area contributed by atoms with Crippen LogP contribution in [0.1, 0.15) is 71.0 Å². The quantitative estimate of drug-likeness (QED) is 0.388. The third kappa shape index (κ3) is 6.30. The van der Waals surface area contributed by atoms with Gasteiger partial charge in [0.15, 0.2) is 8.32 Å². The second-order valence-corrected chi connectivity index (χ2v) is 14.7. The lowest BCUT2D eigenvalue weighted by atomic mass is 9.76. The fourth-order valence-electron chi connectivity index (χ4n) is 3.83. The first-order chi connectivity index (χ1) is 12.6. The Labute approximate surface area is 168 Å². The van der Waals surface area contributed by atoms with Gasteiger partial charge in [-0.2, -0.15) is 0 Å². The molecule has 1 N–H and O–H groups in total. The Bertz CT molecular complexity index is 582. The van der Waals surface area contributed by atoms with E-state index in [0.717, 1.165) is 17.7 Å². The maximum absolute atomic E-state index is 10.7. The SMILES string of the molecule is C=C(C[C@@H](O)c1ccccc1)[C@@H](CO[Si](C)(C)C(C)(C)C)C1CCCCC1. The molecule has 0 radical (unpaired) electrons. The lowest BCUT2D eigenvalue weighted by Crippen LogP contribution is -2.43. The molecular formula is C24H40O2Si. The van der Waals surface area contributed by atoms with Crippen LogP contribution in [0.15, 0.2) is 42.5 Å². The van der Waals surface area contributed by atoms with Crippen molar-refractivity contribution in [1.29, 1.82) is 0 Å². The van der Waals surface area contributed by atoms with E-state index >= 15 is 0 Å². The minimum absolute atomic E-state index is 0.217. The van der Waals surface area contributed by atoms with Crippen molar-refractivity contribution in [3.8, 4) is 0 Å². The summed E-state index contributed by atoms with van der Waals surface area (Å²) in [5, 5.41) is 10.9. The van der Waals surface area contributed by atoms with Gasteiger partial charge in [0, 0.05) is 12.5 Å². The van der Waals surface area contributed by atoms with Gasteiger partial charge in [-0.25, -0.2) is 0 Å². The summed E-state index contributed by atoms with van der Waals surface area (Å²) in [6.45, 7) is 16.7. The summed E-state index contributed by atoms with van der Waals surface area (Å²) in [4.78, 5) is 0. The molecule has 3 heteroatoms. The molecule has 0 heterocycles. The van der Waals surface area contributed by atoms with Crippen molar-refractivity contribution in [2.45, 2.75) is 83.5 Å². The summed E-state index contributed by atoms with van der Waals surface area (Å²) in [5.74, 6) is 1.01. The molecule has 0 amide bonds. The maximum Gasteiger partial charge on any atom is 0.192 e. The molecule has 1 aromatic rings. The first-order valence-electron chi connectivity index (χ1n) is 10.7. The Balaban J connectivity index is 2.08. The van der Waals surface area contributed by atoms with Crippen LogP contribution in [0.5, 0.6) is 0 Å². The highest BCUT2D eigenvalue weighted by molar-refractivity contribution is 6.74. The molecule has 152 valence electrons. The van der Waals surface area contributed by atoms with Crippen molar-refractivity contribution in [3.63, 3.8) is 0 Å². The molecule has 1 aliphatic carbocycles. The summed E-state index contributed by atoms with van der Waals surface area (Å²) in [6.07, 6.45) is 6.68. The van der Waals surface area contributed by atoms with Gasteiger partial charge in [-0.1, -0.05) is 82.5 Å². The fraction of sp³-hybridized carbons (Fsp3) is 0.667. The van der Waals surface area contributed by atoms with Gasteiger partial charge >= 0.3 is 0 Å². The smallest absolute Gasteiger partial charge is 0.192 e. The van der Waals surface area contributed by atoms with Gasteiger partial charge in [-0.3, -0.25) is 0 Å². The average molecular weight is 389 g/mol. The van der Waals surface area contributed by atoms with Gasteiger partial charge in [0.2, 0.25) is 0 Å². The molecule has 2 rings (SSSR count). The molecule has 0 aliphatic heterocycles. The largest absolute Gasteiger partial charge is 0.416 e. The second kappa shape index (κ2) is 9.53. The van der Waals surface area contributed by atoms with Crippen molar-refractivity contribution in [2.75, 3.05) is 6.61 Å². The second-order valence-electron chi connectivity index (χ2n) is 9.86. The monoisotopic (exact) mass is 388 g/mol. The highest BCUT2D eigenvalue weighted by Gasteiger charge is 2.38. The lowest BCUT2D eigenvalue weighted by molar-refractivity contribution is 0.146. The van der Waals surface area contributed by atoms with E-state index in [1.807, 2.05) is 30.3 Å². The number of hydrogen-bond acceptors (Lipinski definition) is 2. The van der Waals surface area contributed by atoms with E-state index in [9.17, 15) is 5.11 Å². The minimum atomic E-state index is -1.78. The number of benzene rings is 1. The molecule has 27 heavy (non-hydrogen) atoms. The zero-order chi connectivity index (χ0) is 20.1. The van der Waals surface area contributed by atoms with Gasteiger partial charge in [0.25, 0.3) is 0 Å². The number of aliphatic hydroxyl groups excluding tert-OH is 1. The molecule has 0 spiro atoms. The van der Waals surface area contributed by atoms with Crippen LogP contribution in [0.2, 0.25) is 18.1 Å². The Hall–Kier alpha value is -0.903. The van der Waals surface area contributed by atoms with Crippen LogP contribution < -0.4 is 0 Å². The summed E-state index contributed by atoms with van der Waals surface area (Å²) in [7, 11) is -1.78. The first kappa shape index (κ1) is 22.4. The highest BCUT2D eigenvalue weighted by atomic mass is 28.4. The van der Waals surface area contributed by atoms with Crippen molar-refractivity contribution in [3.05, 3.63) is 48.0 Å². The van der Waals surface area contributed by atoms with Crippen molar-refractivity contribution >= 4 is 8.32 Å². The van der Waals surface area contributed by atoms with E-state index in [4.69, 9.17) is 4.43 Å². The third-order valence-electron chi connectivity index (χ3n) is 6.81. The molecule has 1 aromatic carbocycles. The van der Waals surface area contributed by atoms with Gasteiger partial charge in [0.05, 0.1) is 6.10 Å². The number of rotatable bonds is 8. The van der Waals surface area contributed by atoms with E-state index in [1.54, 1.807) is 0 Å². The molecule has 0 aromatic heterocycles. The van der Waals surface area contributed by atoms with Crippen LogP contribution in [-0.2, 0) is 4.43 Å². The molecule has 1 aliphatic rings. The van der Waals surface area contributed by atoms with Crippen LogP contribution in [0.3, 0.4) is 0 Å². The zero-order valence-corrected chi connectivity index (χ0v) is 19.1. The molecule has 0 saturated heterocycles. The third-order valence-corrected chi connectivity index (χ3v) is 11.3. The summed E-state index contributed by atoms with van der Waals surface area (Å²) in [5.41, 5.74) is 2.14. The maximum atomic E-state index is 10.7. The van der Waals surface area contributed by atoms with Crippen molar-refractivity contribution < 1.29 is 9.53 Å². The normalized spacial score (nSPS) is 18.9. The summed E-state index contributed by atoms with van der Waals surface area (Å²) in [6, 6.07) is 9.96. The predicted octanol–water partition coefficient (Wildman–Crippen LogP) is 6.88. The highest BCUT2D eigenvalue weighted by Crippen LogP contribution is 2.40. The summed E-state index contributed by atoms with van der Waals surface area (Å²) < 4.78 is 6.61. The summed E-state index contributed by atoms with van der Waals surface area (Å²) >= 11 is 0. The Kier molecular flexibility index (Phi) is 7.90. The Morgan fingerprint density at radius 2 is 1.74 bits per heavy atom. The molecular weight excluding hydrogens is 348 g/mol. The van der Waals surface area contributed by atoms with E-state index in [0.29, 0.717) is 18.3 Å². The van der Waals surface area contributed by atoms with Gasteiger partial charge in [-0.15, -0.1) is 0 Å². The van der Waals surface area contributed by atoms with Crippen molar-refractivity contribution in [2.24, 2.45) is 11.8 Å². The van der Waals surface area contributed by atoms with E-state index in [2.05, 4.69) is 40.4 Å². The topological polar surface area (TPSA) is 29.5 Å². The molecule has 1 saturated carbocycles. The standard InChI is InChI=1S/C24H40O2Si/c1-19(17-23(25)21-15-11-8-12-16-21)22(20-13-9-7-10-14-20)18-26-27(5,6)24(2,3)4/h8,11-12,15-16,20,22-23,25H,1,7,9-10,13-14,17-18H2,2-6H3/t22-,23-/m1/s1. The zero-order valence-electron chi connectivity index (χ0n) is 18.1. The lowest BCUT2D eigenvalue weighted by Gasteiger charge is -2.40. The molecule has 0 unspecified atom stereocenters. The number of hydrogen-bond donors (Lipinski definition) is 1. The predicted molar refractivity (Wildman–Crippen MR) is 118 cm³/mol. The molecule has 2 nitrogen and oxygen atoms in total. The van der Waals surface area contributed by atoms with Crippen LogP contribution in [0, 0.1) is 11.8 Å². The minimum Gasteiger partial charge on any atom is -0.416 e. The van der Waals surface area contributed by atoms with E-state index < -0.39 is 14.4 Å². The van der Waals surface area contributed by atoms with Crippen LogP contribution >= 0.6 is 0 Å². The van der Waals surface area contributed by atoms with Crippen molar-refractivity contribution in [1.82, 2.24) is 0 Å². The van der Waals surface area contributed by atoms with Crippen LogP contribution in [-0.4, -0.2) is 20.0 Å². The van der Waals surface area contributed by atoms with Gasteiger partial charge in [0.1, 0.15) is 0 Å². The van der Waals surface area contributed by atoms with E-state index in [1.165, 1.54) is 32.1 Å². The Morgan fingerprint density at radius 1 is 1.15 bits per heavy atom. The van der Waals surface area contributed by atoms with Gasteiger partial charge in [-0.05, 0) is 48.9 Å². The first-order valence-corrected chi connectivity index (χ1v) is 13.6. The Morgan fingerprint density at radius 3 is 2.30 bits per heavy atom. The van der Waals surface area contributed by atoms with E-state index in [-0.39, 0.29) is 5.04 Å². The van der Waals surface area contributed by atoms with Crippen LogP contribution in [0.25, 0.3) is 0 Å². The molecule has 0 bridgehead atoms. The van der Waals surface area contributed by atoms with Crippen LogP contribution in [0.4, 0.5) is 0 Å². The molecule has 1 fully saturated rings. The van der Waals surface area contributed by atoms with Gasteiger partial charge < -0.3 is 9.53 Å².